The summed E-state index contributed by atoms with van der Waals surface area (Å²) >= 11 is 0. The standard InChI is InChI=1S/C11H14O4S/c1-8-4-5-11(16(13,14)15-3)10(6-8)7-9(2)12/h4-6H,7H2,1-3H3. The molecular weight excluding hydrogens is 228 g/mol. The van der Waals surface area contributed by atoms with Crippen LogP contribution in [-0.4, -0.2) is 21.3 Å². The Bertz CT molecular complexity index is 503. The molecule has 0 unspecified atom stereocenters. The molecular formula is C11H14O4S. The number of ketones is 1. The molecule has 0 N–H and O–H groups in total. The molecule has 16 heavy (non-hydrogen) atoms. The first-order valence-electron chi connectivity index (χ1n) is 4.76. The summed E-state index contributed by atoms with van der Waals surface area (Å²) in [4.78, 5) is 11.1. The van der Waals surface area contributed by atoms with E-state index < -0.39 is 10.1 Å². The fourth-order valence-corrected chi connectivity index (χ4v) is 2.31. The van der Waals surface area contributed by atoms with Gasteiger partial charge in [-0.3, -0.25) is 8.98 Å². The number of aryl methyl sites for hydroxylation is 1. The van der Waals surface area contributed by atoms with Crippen molar-refractivity contribution in [2.75, 3.05) is 7.11 Å². The molecule has 0 aliphatic carbocycles. The summed E-state index contributed by atoms with van der Waals surface area (Å²) in [7, 11) is -2.64. The lowest BCUT2D eigenvalue weighted by atomic mass is 10.1. The summed E-state index contributed by atoms with van der Waals surface area (Å²) in [5.74, 6) is -0.0850. The average molecular weight is 242 g/mol. The van der Waals surface area contributed by atoms with Crippen LogP contribution in [0.1, 0.15) is 18.1 Å². The number of Topliss-reactive ketones (excluding diaryl/α,β-unsaturated/α-hetero) is 1. The predicted octanol–water partition coefficient (Wildman–Crippen LogP) is 1.46. The summed E-state index contributed by atoms with van der Waals surface area (Å²) in [6.45, 7) is 3.26. The molecule has 5 heteroatoms. The third kappa shape index (κ3) is 2.90. The maximum Gasteiger partial charge on any atom is 0.296 e. The van der Waals surface area contributed by atoms with Gasteiger partial charge in [0.1, 0.15) is 5.78 Å². The quantitative estimate of drug-likeness (QED) is 0.750. The van der Waals surface area contributed by atoms with E-state index in [1.807, 2.05) is 6.92 Å². The van der Waals surface area contributed by atoms with E-state index in [1.165, 1.54) is 13.0 Å². The second-order valence-corrected chi connectivity index (χ2v) is 5.29. The van der Waals surface area contributed by atoms with Gasteiger partial charge in [-0.05, 0) is 25.5 Å². The first kappa shape index (κ1) is 12.9. The zero-order chi connectivity index (χ0) is 12.3. The highest BCUT2D eigenvalue weighted by Gasteiger charge is 2.18. The molecule has 4 nitrogen and oxygen atoms in total. The zero-order valence-electron chi connectivity index (χ0n) is 9.48. The fourth-order valence-electron chi connectivity index (χ4n) is 1.45. The van der Waals surface area contributed by atoms with Gasteiger partial charge in [-0.1, -0.05) is 17.7 Å². The highest BCUT2D eigenvalue weighted by Crippen LogP contribution is 2.19. The molecule has 88 valence electrons. The molecule has 0 saturated carbocycles. The molecule has 0 saturated heterocycles. The van der Waals surface area contributed by atoms with Crippen LogP contribution in [0.3, 0.4) is 0 Å². The molecule has 0 spiro atoms. The molecule has 0 aromatic heterocycles. The van der Waals surface area contributed by atoms with Gasteiger partial charge in [0.25, 0.3) is 10.1 Å². The van der Waals surface area contributed by atoms with Gasteiger partial charge >= 0.3 is 0 Å². The molecule has 1 aromatic carbocycles. The summed E-state index contributed by atoms with van der Waals surface area (Å²) in [5, 5.41) is 0. The minimum atomic E-state index is -3.74. The lowest BCUT2D eigenvalue weighted by Gasteiger charge is -2.08. The van der Waals surface area contributed by atoms with Crippen LogP contribution in [-0.2, 0) is 25.5 Å². The van der Waals surface area contributed by atoms with Crippen LogP contribution in [0, 0.1) is 6.92 Å². The van der Waals surface area contributed by atoms with Crippen molar-refractivity contribution in [1.82, 2.24) is 0 Å². The normalized spacial score (nSPS) is 11.4. The predicted molar refractivity (Wildman–Crippen MR) is 59.8 cm³/mol. The van der Waals surface area contributed by atoms with Crippen molar-refractivity contribution in [3.8, 4) is 0 Å². The van der Waals surface area contributed by atoms with Crippen LogP contribution < -0.4 is 0 Å². The topological polar surface area (TPSA) is 60.4 Å². The molecule has 1 aromatic rings. The second kappa shape index (κ2) is 4.76. The van der Waals surface area contributed by atoms with Crippen LogP contribution in [0.25, 0.3) is 0 Å². The number of carbonyl (C=O) groups excluding carboxylic acids is 1. The maximum absolute atomic E-state index is 11.6. The number of rotatable bonds is 4. The van der Waals surface area contributed by atoms with Gasteiger partial charge in [0.15, 0.2) is 0 Å². The van der Waals surface area contributed by atoms with E-state index in [4.69, 9.17) is 0 Å². The Morgan fingerprint density at radius 1 is 1.38 bits per heavy atom. The average Bonchev–Trinajstić information content (AvgIpc) is 2.16. The molecule has 0 aliphatic rings. The van der Waals surface area contributed by atoms with Crippen LogP contribution in [0.4, 0.5) is 0 Å². The van der Waals surface area contributed by atoms with Crippen molar-refractivity contribution in [2.24, 2.45) is 0 Å². The highest BCUT2D eigenvalue weighted by molar-refractivity contribution is 7.86. The Labute approximate surface area is 95.4 Å². The van der Waals surface area contributed by atoms with Crippen molar-refractivity contribution in [3.05, 3.63) is 29.3 Å². The summed E-state index contributed by atoms with van der Waals surface area (Å²) < 4.78 is 27.6. The number of hydrogen-bond donors (Lipinski definition) is 0. The molecule has 0 heterocycles. The minimum absolute atomic E-state index is 0.0656. The number of hydrogen-bond acceptors (Lipinski definition) is 4. The van der Waals surface area contributed by atoms with Gasteiger partial charge in [0.2, 0.25) is 0 Å². The maximum atomic E-state index is 11.6. The van der Waals surface area contributed by atoms with E-state index in [0.717, 1.165) is 12.7 Å². The van der Waals surface area contributed by atoms with Gasteiger partial charge in [0, 0.05) is 6.42 Å². The molecule has 0 fully saturated rings. The Hall–Kier alpha value is -1.20. The highest BCUT2D eigenvalue weighted by atomic mass is 32.2. The fraction of sp³-hybridized carbons (Fsp3) is 0.364. The minimum Gasteiger partial charge on any atom is -0.300 e. The van der Waals surface area contributed by atoms with Gasteiger partial charge in [0.05, 0.1) is 12.0 Å². The van der Waals surface area contributed by atoms with Gasteiger partial charge in [-0.25, -0.2) is 0 Å². The van der Waals surface area contributed by atoms with Crippen LogP contribution in [0.2, 0.25) is 0 Å². The number of benzene rings is 1. The molecule has 1 rings (SSSR count). The van der Waals surface area contributed by atoms with Crippen molar-refractivity contribution in [2.45, 2.75) is 25.2 Å². The third-order valence-corrected chi connectivity index (χ3v) is 3.52. The van der Waals surface area contributed by atoms with Gasteiger partial charge < -0.3 is 0 Å². The van der Waals surface area contributed by atoms with Gasteiger partial charge in [-0.15, -0.1) is 0 Å². The van der Waals surface area contributed by atoms with Crippen LogP contribution >= 0.6 is 0 Å². The Kier molecular flexibility index (Phi) is 3.83. The van der Waals surface area contributed by atoms with E-state index >= 15 is 0 Å². The molecule has 0 bridgehead atoms. The Balaban J connectivity index is 3.34. The monoisotopic (exact) mass is 242 g/mol. The third-order valence-electron chi connectivity index (χ3n) is 2.14. The zero-order valence-corrected chi connectivity index (χ0v) is 10.3. The molecule has 0 aliphatic heterocycles. The summed E-state index contributed by atoms with van der Waals surface area (Å²) in [6.07, 6.45) is 0.0968. The van der Waals surface area contributed by atoms with E-state index in [2.05, 4.69) is 4.18 Å². The van der Waals surface area contributed by atoms with E-state index in [1.54, 1.807) is 12.1 Å². The molecule has 0 atom stereocenters. The van der Waals surface area contributed by atoms with Crippen molar-refractivity contribution in [3.63, 3.8) is 0 Å². The Morgan fingerprint density at radius 3 is 2.50 bits per heavy atom. The SMILES string of the molecule is COS(=O)(=O)c1ccc(C)cc1CC(C)=O. The lowest BCUT2D eigenvalue weighted by Crippen LogP contribution is -2.09. The summed E-state index contributed by atoms with van der Waals surface area (Å²) in [5.41, 5.74) is 1.39. The summed E-state index contributed by atoms with van der Waals surface area (Å²) in [6, 6.07) is 4.83. The van der Waals surface area contributed by atoms with E-state index in [9.17, 15) is 13.2 Å². The van der Waals surface area contributed by atoms with E-state index in [0.29, 0.717) is 5.56 Å². The Morgan fingerprint density at radius 2 is 2.00 bits per heavy atom. The second-order valence-electron chi connectivity index (χ2n) is 3.61. The first-order chi connectivity index (χ1) is 7.36. The smallest absolute Gasteiger partial charge is 0.296 e. The molecule has 0 amide bonds. The molecule has 0 radical (unpaired) electrons. The van der Waals surface area contributed by atoms with Crippen LogP contribution in [0.15, 0.2) is 23.1 Å². The van der Waals surface area contributed by atoms with Crippen molar-refractivity contribution >= 4 is 15.9 Å². The van der Waals surface area contributed by atoms with E-state index in [-0.39, 0.29) is 17.1 Å². The van der Waals surface area contributed by atoms with Crippen molar-refractivity contribution in [1.29, 1.82) is 0 Å². The lowest BCUT2D eigenvalue weighted by molar-refractivity contribution is -0.116. The van der Waals surface area contributed by atoms with Gasteiger partial charge in [-0.2, -0.15) is 8.42 Å². The van der Waals surface area contributed by atoms with Crippen LogP contribution in [0.5, 0.6) is 0 Å². The van der Waals surface area contributed by atoms with Crippen molar-refractivity contribution < 1.29 is 17.4 Å². The number of carbonyl (C=O) groups is 1. The first-order valence-corrected chi connectivity index (χ1v) is 6.17. The largest absolute Gasteiger partial charge is 0.300 e.